The second kappa shape index (κ2) is 7.47. The van der Waals surface area contributed by atoms with Gasteiger partial charge in [0.1, 0.15) is 5.76 Å². The fraction of sp³-hybridized carbons (Fsp3) is 0.500. The van der Waals surface area contributed by atoms with Crippen LogP contribution in [0.25, 0.3) is 0 Å². The molecule has 0 saturated heterocycles. The van der Waals surface area contributed by atoms with Crippen molar-refractivity contribution in [2.75, 3.05) is 19.7 Å². The first-order valence-electron chi connectivity index (χ1n) is 5.53. The zero-order valence-electron chi connectivity index (χ0n) is 9.89. The van der Waals surface area contributed by atoms with Crippen molar-refractivity contribution < 1.29 is 13.9 Å². The van der Waals surface area contributed by atoms with Crippen LogP contribution < -0.4 is 0 Å². The van der Waals surface area contributed by atoms with E-state index in [-0.39, 0.29) is 12.5 Å². The lowest BCUT2D eigenvalue weighted by Gasteiger charge is -2.18. The largest absolute Gasteiger partial charge is 0.468 e. The highest BCUT2D eigenvalue weighted by atomic mass is 16.5. The summed E-state index contributed by atoms with van der Waals surface area (Å²) < 4.78 is 10.1. The third-order valence-electron chi connectivity index (χ3n) is 2.16. The minimum atomic E-state index is -0.281. The molecular weight excluding hydrogens is 220 g/mol. The molecule has 1 aromatic rings. The molecule has 0 aliphatic heterocycles. The maximum Gasteiger partial charge on any atom is 0.320 e. The number of furan rings is 1. The van der Waals surface area contributed by atoms with Crippen LogP contribution in [-0.4, -0.2) is 30.6 Å². The molecule has 0 unspecified atom stereocenters. The van der Waals surface area contributed by atoms with Gasteiger partial charge < -0.3 is 9.15 Å². The van der Waals surface area contributed by atoms with Gasteiger partial charge in [0, 0.05) is 13.0 Å². The summed E-state index contributed by atoms with van der Waals surface area (Å²) in [6, 6.07) is 5.69. The van der Waals surface area contributed by atoms with Crippen LogP contribution in [0.1, 0.15) is 19.1 Å². The number of esters is 1. The maximum atomic E-state index is 11.4. The van der Waals surface area contributed by atoms with Crippen LogP contribution in [0, 0.1) is 11.3 Å². The molecule has 0 atom stereocenters. The molecule has 0 amide bonds. The van der Waals surface area contributed by atoms with Crippen LogP contribution >= 0.6 is 0 Å². The summed E-state index contributed by atoms with van der Waals surface area (Å²) in [6.07, 6.45) is 1.96. The summed E-state index contributed by atoms with van der Waals surface area (Å²) in [5.74, 6) is 0.490. The third-order valence-corrected chi connectivity index (χ3v) is 2.16. The Kier molecular flexibility index (Phi) is 5.83. The first-order chi connectivity index (χ1) is 8.26. The van der Waals surface area contributed by atoms with Crippen LogP contribution in [0.3, 0.4) is 0 Å². The smallest absolute Gasteiger partial charge is 0.320 e. The Bertz CT molecular complexity index is 368. The highest BCUT2D eigenvalue weighted by molar-refractivity contribution is 5.71. The highest BCUT2D eigenvalue weighted by Crippen LogP contribution is 2.06. The van der Waals surface area contributed by atoms with E-state index in [0.29, 0.717) is 26.1 Å². The van der Waals surface area contributed by atoms with Crippen LogP contribution in [0.15, 0.2) is 22.8 Å². The fourth-order valence-corrected chi connectivity index (χ4v) is 1.43. The zero-order valence-corrected chi connectivity index (χ0v) is 9.89. The molecule has 0 spiro atoms. The minimum Gasteiger partial charge on any atom is -0.468 e. The summed E-state index contributed by atoms with van der Waals surface area (Å²) >= 11 is 0. The molecule has 17 heavy (non-hydrogen) atoms. The van der Waals surface area contributed by atoms with E-state index in [4.69, 9.17) is 14.4 Å². The Morgan fingerprint density at radius 3 is 3.06 bits per heavy atom. The molecule has 0 N–H and O–H groups in total. The Balaban J connectivity index is 2.48. The van der Waals surface area contributed by atoms with Gasteiger partial charge in [-0.25, -0.2) is 0 Å². The molecule has 0 aliphatic rings. The Morgan fingerprint density at radius 1 is 1.65 bits per heavy atom. The predicted molar refractivity (Wildman–Crippen MR) is 60.8 cm³/mol. The van der Waals surface area contributed by atoms with E-state index < -0.39 is 0 Å². The molecule has 0 aromatic carbocycles. The van der Waals surface area contributed by atoms with Crippen molar-refractivity contribution in [1.82, 2.24) is 4.90 Å². The normalized spacial score (nSPS) is 10.2. The third kappa shape index (κ3) is 5.18. The lowest BCUT2D eigenvalue weighted by atomic mass is 10.3. The van der Waals surface area contributed by atoms with Gasteiger partial charge in [-0.3, -0.25) is 9.69 Å². The van der Waals surface area contributed by atoms with Crippen LogP contribution in [-0.2, 0) is 16.1 Å². The van der Waals surface area contributed by atoms with Gasteiger partial charge in [-0.15, -0.1) is 0 Å². The molecule has 0 radical (unpaired) electrons. The lowest BCUT2D eigenvalue weighted by molar-refractivity contribution is -0.144. The van der Waals surface area contributed by atoms with Crippen molar-refractivity contribution >= 4 is 5.97 Å². The van der Waals surface area contributed by atoms with Gasteiger partial charge in [-0.05, 0) is 19.1 Å². The van der Waals surface area contributed by atoms with Crippen molar-refractivity contribution in [1.29, 1.82) is 5.26 Å². The number of nitrogens with zero attached hydrogens (tertiary/aromatic N) is 2. The molecule has 92 valence electrons. The van der Waals surface area contributed by atoms with Crippen LogP contribution in [0.4, 0.5) is 0 Å². The van der Waals surface area contributed by atoms with Crippen LogP contribution in [0.5, 0.6) is 0 Å². The SMILES string of the molecule is CCOC(=O)CN(CCC#N)Cc1ccco1. The first kappa shape index (κ1) is 13.3. The van der Waals surface area contributed by atoms with Gasteiger partial charge in [0.05, 0.1) is 32.0 Å². The van der Waals surface area contributed by atoms with E-state index in [1.165, 1.54) is 0 Å². The summed E-state index contributed by atoms with van der Waals surface area (Å²) in [4.78, 5) is 13.2. The van der Waals surface area contributed by atoms with Crippen molar-refractivity contribution in [3.05, 3.63) is 24.2 Å². The molecule has 1 rings (SSSR count). The van der Waals surface area contributed by atoms with E-state index in [1.54, 1.807) is 19.3 Å². The number of carbonyl (C=O) groups excluding carboxylic acids is 1. The number of rotatable bonds is 7. The Hall–Kier alpha value is -1.80. The van der Waals surface area contributed by atoms with Crippen molar-refractivity contribution in [3.63, 3.8) is 0 Å². The molecule has 5 heteroatoms. The molecule has 0 aliphatic carbocycles. The molecule has 0 fully saturated rings. The Morgan fingerprint density at radius 2 is 2.47 bits per heavy atom. The van der Waals surface area contributed by atoms with Crippen molar-refractivity contribution in [2.45, 2.75) is 19.9 Å². The predicted octanol–water partition coefficient (Wildman–Crippen LogP) is 1.56. The molecule has 5 nitrogen and oxygen atoms in total. The van der Waals surface area contributed by atoms with E-state index in [0.717, 1.165) is 5.76 Å². The number of hydrogen-bond acceptors (Lipinski definition) is 5. The van der Waals surface area contributed by atoms with E-state index in [1.807, 2.05) is 11.0 Å². The van der Waals surface area contributed by atoms with Gasteiger partial charge in [0.2, 0.25) is 0 Å². The second-order valence-corrected chi connectivity index (χ2v) is 3.50. The molecule has 0 bridgehead atoms. The van der Waals surface area contributed by atoms with Crippen molar-refractivity contribution in [3.8, 4) is 6.07 Å². The monoisotopic (exact) mass is 236 g/mol. The van der Waals surface area contributed by atoms with E-state index >= 15 is 0 Å². The molecular formula is C12H16N2O3. The summed E-state index contributed by atoms with van der Waals surface area (Å²) in [7, 11) is 0. The topological polar surface area (TPSA) is 66.5 Å². The average molecular weight is 236 g/mol. The molecule has 0 saturated carbocycles. The Labute approximate surface area is 101 Å². The highest BCUT2D eigenvalue weighted by Gasteiger charge is 2.12. The standard InChI is InChI=1S/C12H16N2O3/c1-2-16-12(15)10-14(7-4-6-13)9-11-5-3-8-17-11/h3,5,8H,2,4,7,9-10H2,1H3. The molecule has 1 heterocycles. The van der Waals surface area contributed by atoms with Gasteiger partial charge in [0.15, 0.2) is 0 Å². The van der Waals surface area contributed by atoms with Gasteiger partial charge in [-0.1, -0.05) is 0 Å². The second-order valence-electron chi connectivity index (χ2n) is 3.50. The number of ether oxygens (including phenoxy) is 1. The lowest BCUT2D eigenvalue weighted by Crippen LogP contribution is -2.31. The number of hydrogen-bond donors (Lipinski definition) is 0. The summed E-state index contributed by atoms with van der Waals surface area (Å²) in [5.41, 5.74) is 0. The van der Waals surface area contributed by atoms with Crippen molar-refractivity contribution in [2.24, 2.45) is 0 Å². The fourth-order valence-electron chi connectivity index (χ4n) is 1.43. The summed E-state index contributed by atoms with van der Waals surface area (Å²) in [6.45, 7) is 3.34. The maximum absolute atomic E-state index is 11.4. The van der Waals surface area contributed by atoms with E-state index in [2.05, 4.69) is 6.07 Å². The van der Waals surface area contributed by atoms with Crippen LogP contribution in [0.2, 0.25) is 0 Å². The quantitative estimate of drug-likeness (QED) is 0.672. The zero-order chi connectivity index (χ0) is 12.5. The van der Waals surface area contributed by atoms with Gasteiger partial charge >= 0.3 is 5.97 Å². The summed E-state index contributed by atoms with van der Waals surface area (Å²) in [5, 5.41) is 8.56. The van der Waals surface area contributed by atoms with E-state index in [9.17, 15) is 4.79 Å². The number of nitriles is 1. The number of carbonyl (C=O) groups is 1. The average Bonchev–Trinajstić information content (AvgIpc) is 2.79. The first-order valence-corrected chi connectivity index (χ1v) is 5.53. The molecule has 1 aromatic heterocycles. The van der Waals surface area contributed by atoms with Gasteiger partial charge in [0.25, 0.3) is 0 Å². The van der Waals surface area contributed by atoms with Gasteiger partial charge in [-0.2, -0.15) is 5.26 Å². The minimum absolute atomic E-state index is 0.177.